The second kappa shape index (κ2) is 18.4. The zero-order valence-corrected chi connectivity index (χ0v) is 21.1. The van der Waals surface area contributed by atoms with Crippen molar-refractivity contribution < 1.29 is 4.74 Å². The minimum atomic E-state index is 0. The molecule has 0 aliphatic heterocycles. The van der Waals surface area contributed by atoms with Gasteiger partial charge in [-0.25, -0.2) is 4.99 Å². The maximum Gasteiger partial charge on any atom is 0.191 e. The normalized spacial score (nSPS) is 11.2. The number of likely N-dealkylation sites (N-methyl/N-ethyl adjacent to an activating group) is 1. The SMILES string of the molecule is CCNC(=NCc1ccc(OCCN(CC)CC)cc1)NCCCCSC.I. The second-order valence-electron chi connectivity index (χ2n) is 6.34. The van der Waals surface area contributed by atoms with E-state index < -0.39 is 0 Å². The molecule has 0 unspecified atom stereocenters. The standard InChI is InChI=1S/C21H38N4OS.HI/c1-5-22-21(23-14-8-9-17-27-4)24-18-19-10-12-20(13-11-19)26-16-15-25(6-2)7-3;/h10-13H,5-9,14-18H2,1-4H3,(H2,22,23,24);1H. The van der Waals surface area contributed by atoms with E-state index in [1.54, 1.807) is 0 Å². The summed E-state index contributed by atoms with van der Waals surface area (Å²) in [4.78, 5) is 7.04. The molecule has 0 spiro atoms. The summed E-state index contributed by atoms with van der Waals surface area (Å²) in [7, 11) is 0. The van der Waals surface area contributed by atoms with Crippen molar-refractivity contribution in [1.82, 2.24) is 15.5 Å². The van der Waals surface area contributed by atoms with Crippen LogP contribution in [0.25, 0.3) is 0 Å². The minimum absolute atomic E-state index is 0. The molecule has 1 aromatic rings. The number of nitrogens with zero attached hydrogens (tertiary/aromatic N) is 2. The van der Waals surface area contributed by atoms with E-state index in [0.717, 1.165) is 51.0 Å². The second-order valence-corrected chi connectivity index (χ2v) is 7.33. The first-order valence-electron chi connectivity index (χ1n) is 10.2. The Morgan fingerprint density at radius 2 is 1.79 bits per heavy atom. The summed E-state index contributed by atoms with van der Waals surface area (Å²) in [5, 5.41) is 6.72. The van der Waals surface area contributed by atoms with Gasteiger partial charge in [0.1, 0.15) is 12.4 Å². The van der Waals surface area contributed by atoms with Gasteiger partial charge in [-0.1, -0.05) is 26.0 Å². The maximum atomic E-state index is 5.84. The van der Waals surface area contributed by atoms with E-state index in [2.05, 4.69) is 59.7 Å². The lowest BCUT2D eigenvalue weighted by Crippen LogP contribution is -2.37. The molecule has 28 heavy (non-hydrogen) atoms. The van der Waals surface area contributed by atoms with Crippen molar-refractivity contribution >= 4 is 41.7 Å². The molecule has 0 radical (unpaired) electrons. The molecule has 2 N–H and O–H groups in total. The smallest absolute Gasteiger partial charge is 0.191 e. The average Bonchev–Trinajstić information content (AvgIpc) is 2.70. The van der Waals surface area contributed by atoms with Crippen molar-refractivity contribution in [2.75, 3.05) is 51.3 Å². The number of guanidine groups is 1. The molecule has 5 nitrogen and oxygen atoms in total. The number of hydrogen-bond acceptors (Lipinski definition) is 4. The number of benzene rings is 1. The first kappa shape index (κ1) is 27.3. The van der Waals surface area contributed by atoms with E-state index in [9.17, 15) is 0 Å². The maximum absolute atomic E-state index is 5.84. The van der Waals surface area contributed by atoms with Gasteiger partial charge >= 0.3 is 0 Å². The highest BCUT2D eigenvalue weighted by molar-refractivity contribution is 14.0. The third-order valence-electron chi connectivity index (χ3n) is 4.33. The molecule has 0 aliphatic carbocycles. The number of nitrogens with one attached hydrogen (secondary N) is 2. The first-order chi connectivity index (χ1) is 13.2. The molecule has 0 aromatic heterocycles. The number of rotatable bonds is 14. The molecule has 1 rings (SSSR count). The monoisotopic (exact) mass is 522 g/mol. The van der Waals surface area contributed by atoms with Crippen molar-refractivity contribution in [2.45, 2.75) is 40.2 Å². The van der Waals surface area contributed by atoms with Crippen LogP contribution < -0.4 is 15.4 Å². The largest absolute Gasteiger partial charge is 0.492 e. The van der Waals surface area contributed by atoms with Gasteiger partial charge < -0.3 is 20.3 Å². The molecule has 0 saturated heterocycles. The van der Waals surface area contributed by atoms with Gasteiger partial charge in [0.25, 0.3) is 0 Å². The van der Waals surface area contributed by atoms with Gasteiger partial charge in [-0.05, 0) is 62.6 Å². The highest BCUT2D eigenvalue weighted by Gasteiger charge is 2.01. The summed E-state index contributed by atoms with van der Waals surface area (Å²) in [5.74, 6) is 3.04. The Kier molecular flexibility index (Phi) is 17.9. The highest BCUT2D eigenvalue weighted by Crippen LogP contribution is 2.13. The number of hydrogen-bond donors (Lipinski definition) is 2. The molecular formula is C21H39IN4OS. The summed E-state index contributed by atoms with van der Waals surface area (Å²) in [6.45, 7) is 12.8. The van der Waals surface area contributed by atoms with Crippen molar-refractivity contribution in [3.05, 3.63) is 29.8 Å². The fraction of sp³-hybridized carbons (Fsp3) is 0.667. The quantitative estimate of drug-likeness (QED) is 0.166. The zero-order chi connectivity index (χ0) is 19.7. The van der Waals surface area contributed by atoms with Gasteiger partial charge in [0.05, 0.1) is 6.54 Å². The lowest BCUT2D eigenvalue weighted by Gasteiger charge is -2.18. The fourth-order valence-electron chi connectivity index (χ4n) is 2.61. The lowest BCUT2D eigenvalue weighted by atomic mass is 10.2. The van der Waals surface area contributed by atoms with Crippen molar-refractivity contribution in [3.8, 4) is 5.75 Å². The third kappa shape index (κ3) is 12.7. The predicted octanol–water partition coefficient (Wildman–Crippen LogP) is 4.22. The van der Waals surface area contributed by atoms with Crippen LogP contribution in [0.5, 0.6) is 5.75 Å². The van der Waals surface area contributed by atoms with Gasteiger partial charge in [-0.2, -0.15) is 11.8 Å². The van der Waals surface area contributed by atoms with Crippen LogP contribution in [0.15, 0.2) is 29.3 Å². The van der Waals surface area contributed by atoms with Gasteiger partial charge in [0.2, 0.25) is 0 Å². The van der Waals surface area contributed by atoms with E-state index in [4.69, 9.17) is 4.74 Å². The highest BCUT2D eigenvalue weighted by atomic mass is 127. The van der Waals surface area contributed by atoms with Crippen molar-refractivity contribution in [2.24, 2.45) is 4.99 Å². The van der Waals surface area contributed by atoms with Gasteiger partial charge in [0, 0.05) is 19.6 Å². The van der Waals surface area contributed by atoms with Gasteiger partial charge in [0.15, 0.2) is 5.96 Å². The molecule has 0 fully saturated rings. The summed E-state index contributed by atoms with van der Waals surface area (Å²) in [5.41, 5.74) is 1.19. The number of ether oxygens (including phenoxy) is 1. The first-order valence-corrected chi connectivity index (χ1v) is 11.6. The molecule has 0 amide bonds. The average molecular weight is 523 g/mol. The Bertz CT molecular complexity index is 510. The Hall–Kier alpha value is -0.670. The van der Waals surface area contributed by atoms with Crippen LogP contribution in [0, 0.1) is 0 Å². The van der Waals surface area contributed by atoms with Crippen LogP contribution in [0.3, 0.4) is 0 Å². The van der Waals surface area contributed by atoms with E-state index in [0.29, 0.717) is 6.54 Å². The number of halogens is 1. The molecular weight excluding hydrogens is 483 g/mol. The van der Waals surface area contributed by atoms with Crippen LogP contribution in [0.1, 0.15) is 39.2 Å². The predicted molar refractivity (Wildman–Crippen MR) is 136 cm³/mol. The van der Waals surface area contributed by atoms with Crippen LogP contribution in [-0.4, -0.2) is 62.2 Å². The fourth-order valence-corrected chi connectivity index (χ4v) is 3.11. The topological polar surface area (TPSA) is 48.9 Å². The van der Waals surface area contributed by atoms with Crippen LogP contribution in [0.4, 0.5) is 0 Å². The third-order valence-corrected chi connectivity index (χ3v) is 5.02. The van der Waals surface area contributed by atoms with Crippen LogP contribution in [0.2, 0.25) is 0 Å². The Labute approximate surface area is 193 Å². The summed E-state index contributed by atoms with van der Waals surface area (Å²) < 4.78 is 5.84. The van der Waals surface area contributed by atoms with Crippen molar-refractivity contribution in [3.63, 3.8) is 0 Å². The number of thioether (sulfide) groups is 1. The van der Waals surface area contributed by atoms with Gasteiger partial charge in [-0.15, -0.1) is 24.0 Å². The van der Waals surface area contributed by atoms with Crippen LogP contribution in [-0.2, 0) is 6.54 Å². The zero-order valence-electron chi connectivity index (χ0n) is 18.0. The minimum Gasteiger partial charge on any atom is -0.492 e. The molecule has 0 heterocycles. The van der Waals surface area contributed by atoms with E-state index in [1.165, 1.54) is 24.2 Å². The molecule has 0 bridgehead atoms. The molecule has 0 saturated carbocycles. The lowest BCUT2D eigenvalue weighted by molar-refractivity contribution is 0.223. The molecule has 162 valence electrons. The van der Waals surface area contributed by atoms with E-state index in [1.807, 2.05) is 23.9 Å². The number of aliphatic imine (C=N–C) groups is 1. The molecule has 0 aliphatic rings. The summed E-state index contributed by atoms with van der Waals surface area (Å²) in [6.07, 6.45) is 4.56. The van der Waals surface area contributed by atoms with E-state index >= 15 is 0 Å². The Morgan fingerprint density at radius 3 is 2.39 bits per heavy atom. The van der Waals surface area contributed by atoms with Crippen LogP contribution >= 0.6 is 35.7 Å². The summed E-state index contributed by atoms with van der Waals surface area (Å²) >= 11 is 1.90. The molecule has 1 aromatic carbocycles. The van der Waals surface area contributed by atoms with Gasteiger partial charge in [-0.3, -0.25) is 0 Å². The summed E-state index contributed by atoms with van der Waals surface area (Å²) in [6, 6.07) is 8.27. The molecule has 0 atom stereocenters. The Morgan fingerprint density at radius 1 is 1.07 bits per heavy atom. The van der Waals surface area contributed by atoms with Crippen molar-refractivity contribution in [1.29, 1.82) is 0 Å². The Balaban J connectivity index is 0.00000729. The number of unbranched alkanes of at least 4 members (excludes halogenated alkanes) is 1. The van der Waals surface area contributed by atoms with E-state index in [-0.39, 0.29) is 24.0 Å². The molecule has 7 heteroatoms.